The van der Waals surface area contributed by atoms with Crippen molar-refractivity contribution in [2.45, 2.75) is 26.3 Å². The van der Waals surface area contributed by atoms with Crippen molar-refractivity contribution in [3.05, 3.63) is 72.3 Å². The minimum atomic E-state index is -3.77. The van der Waals surface area contributed by atoms with Crippen molar-refractivity contribution in [1.82, 2.24) is 24.5 Å². The quantitative estimate of drug-likeness (QED) is 0.237. The number of aromatic amines is 1. The Labute approximate surface area is 217 Å². The highest BCUT2D eigenvalue weighted by Gasteiger charge is 2.22. The van der Waals surface area contributed by atoms with Crippen LogP contribution in [0.15, 0.2) is 60.7 Å². The lowest BCUT2D eigenvalue weighted by Gasteiger charge is -2.09. The molecule has 0 amide bonds. The second kappa shape index (κ2) is 10.3. The molecule has 0 unspecified atom stereocenters. The molecule has 196 valence electrons. The van der Waals surface area contributed by atoms with Crippen LogP contribution < -0.4 is 5.48 Å². The standard InChI is InChI=1S/C26H24F2N6O3S/c1-3-4-15-34-25-20(30-26(34)33-37-38(2,35)36)14-13-19(29-25)23-22(16-9-6-5-7-10-16)31-24(32-23)21-17(27)11-8-12-18(21)28/h5-14H,3-4,15H2,1-2H3,(H,30,33)(H,31,32). The van der Waals surface area contributed by atoms with Crippen molar-refractivity contribution >= 4 is 27.2 Å². The van der Waals surface area contributed by atoms with E-state index in [4.69, 9.17) is 9.27 Å². The van der Waals surface area contributed by atoms with Gasteiger partial charge in [-0.2, -0.15) is 8.42 Å². The van der Waals surface area contributed by atoms with Crippen LogP contribution in [0.4, 0.5) is 14.7 Å². The van der Waals surface area contributed by atoms with E-state index in [0.717, 1.165) is 24.7 Å². The Morgan fingerprint density at radius 1 is 0.974 bits per heavy atom. The number of pyridine rings is 1. The van der Waals surface area contributed by atoms with Gasteiger partial charge in [0.2, 0.25) is 5.95 Å². The number of nitrogens with one attached hydrogen (secondary N) is 2. The van der Waals surface area contributed by atoms with E-state index in [1.54, 1.807) is 16.7 Å². The molecular weight excluding hydrogens is 514 g/mol. The molecular formula is C26H24F2N6O3S. The maximum atomic E-state index is 14.6. The molecule has 0 atom stereocenters. The first-order valence-corrected chi connectivity index (χ1v) is 13.7. The van der Waals surface area contributed by atoms with Crippen molar-refractivity contribution < 1.29 is 21.5 Å². The first-order chi connectivity index (χ1) is 18.2. The second-order valence-electron chi connectivity index (χ2n) is 8.64. The van der Waals surface area contributed by atoms with Gasteiger partial charge in [-0.3, -0.25) is 4.57 Å². The summed E-state index contributed by atoms with van der Waals surface area (Å²) < 4.78 is 58.8. The van der Waals surface area contributed by atoms with Crippen LogP contribution >= 0.6 is 0 Å². The van der Waals surface area contributed by atoms with Crippen molar-refractivity contribution in [3.8, 4) is 34.0 Å². The van der Waals surface area contributed by atoms with Crippen LogP contribution in [0.3, 0.4) is 0 Å². The van der Waals surface area contributed by atoms with E-state index in [9.17, 15) is 17.2 Å². The molecule has 38 heavy (non-hydrogen) atoms. The molecule has 5 rings (SSSR count). The Hall–Kier alpha value is -4.16. The van der Waals surface area contributed by atoms with Crippen LogP contribution in [-0.2, 0) is 20.9 Å². The third-order valence-corrected chi connectivity index (χ3v) is 6.20. The Kier molecular flexibility index (Phi) is 6.91. The van der Waals surface area contributed by atoms with Gasteiger partial charge in [0.25, 0.3) is 10.1 Å². The molecule has 0 aliphatic carbocycles. The van der Waals surface area contributed by atoms with E-state index in [1.165, 1.54) is 18.2 Å². The molecule has 0 bridgehead atoms. The zero-order chi connectivity index (χ0) is 26.9. The van der Waals surface area contributed by atoms with Crippen molar-refractivity contribution in [2.24, 2.45) is 0 Å². The average molecular weight is 539 g/mol. The fourth-order valence-electron chi connectivity index (χ4n) is 4.07. The highest BCUT2D eigenvalue weighted by atomic mass is 32.2. The number of H-pyrrole nitrogens is 1. The van der Waals surface area contributed by atoms with Gasteiger partial charge in [0.1, 0.15) is 23.0 Å². The summed E-state index contributed by atoms with van der Waals surface area (Å²) in [4.78, 5) is 16.9. The van der Waals surface area contributed by atoms with Gasteiger partial charge in [0.05, 0.1) is 28.9 Å². The number of fused-ring (bicyclic) bond motifs is 1. The van der Waals surface area contributed by atoms with E-state index in [-0.39, 0.29) is 17.3 Å². The van der Waals surface area contributed by atoms with Gasteiger partial charge in [-0.05, 0) is 30.7 Å². The van der Waals surface area contributed by atoms with Gasteiger partial charge >= 0.3 is 0 Å². The minimum Gasteiger partial charge on any atom is -0.336 e. The SMILES string of the molecule is CCCCn1c(NOS(C)(=O)=O)nc2ccc(-c3[nH]c(-c4c(F)cccc4F)nc3-c3ccccc3)nc21. The molecule has 2 aromatic carbocycles. The number of hydrogen-bond donors (Lipinski definition) is 2. The number of imidazole rings is 2. The fraction of sp³-hybridized carbons (Fsp3) is 0.192. The lowest BCUT2D eigenvalue weighted by atomic mass is 10.1. The first-order valence-electron chi connectivity index (χ1n) is 11.9. The molecule has 0 aliphatic rings. The van der Waals surface area contributed by atoms with Gasteiger partial charge in [-0.1, -0.05) is 49.7 Å². The molecule has 3 heterocycles. The lowest BCUT2D eigenvalue weighted by molar-refractivity contribution is 0.387. The Balaban J connectivity index is 1.68. The number of nitrogens with zero attached hydrogens (tertiary/aromatic N) is 4. The smallest absolute Gasteiger partial charge is 0.285 e. The molecule has 3 aromatic heterocycles. The Bertz CT molecular complexity index is 1700. The van der Waals surface area contributed by atoms with E-state index >= 15 is 0 Å². The van der Waals surface area contributed by atoms with E-state index < -0.39 is 21.8 Å². The van der Waals surface area contributed by atoms with Crippen LogP contribution in [0.25, 0.3) is 45.2 Å². The van der Waals surface area contributed by atoms with E-state index in [2.05, 4.69) is 20.4 Å². The van der Waals surface area contributed by atoms with Crippen LogP contribution in [0.5, 0.6) is 0 Å². The van der Waals surface area contributed by atoms with Crippen LogP contribution in [0.1, 0.15) is 19.8 Å². The Morgan fingerprint density at radius 2 is 1.71 bits per heavy atom. The minimum absolute atomic E-state index is 0.0275. The molecule has 9 nitrogen and oxygen atoms in total. The summed E-state index contributed by atoms with van der Waals surface area (Å²) >= 11 is 0. The molecule has 12 heteroatoms. The maximum absolute atomic E-state index is 14.6. The predicted molar refractivity (Wildman–Crippen MR) is 140 cm³/mol. The van der Waals surface area contributed by atoms with Gasteiger partial charge in [0, 0.05) is 12.1 Å². The second-order valence-corrected chi connectivity index (χ2v) is 10.2. The highest BCUT2D eigenvalue weighted by molar-refractivity contribution is 7.86. The van der Waals surface area contributed by atoms with Crippen LogP contribution in [0, 0.1) is 11.6 Å². The van der Waals surface area contributed by atoms with Crippen molar-refractivity contribution in [3.63, 3.8) is 0 Å². The van der Waals surface area contributed by atoms with Crippen molar-refractivity contribution in [1.29, 1.82) is 0 Å². The molecule has 0 saturated heterocycles. The summed E-state index contributed by atoms with van der Waals surface area (Å²) in [6.07, 6.45) is 2.58. The number of aryl methyl sites for hydroxylation is 1. The molecule has 0 aliphatic heterocycles. The summed E-state index contributed by atoms with van der Waals surface area (Å²) in [6.45, 7) is 2.53. The number of hydrogen-bond acceptors (Lipinski definition) is 7. The van der Waals surface area contributed by atoms with Gasteiger partial charge < -0.3 is 4.98 Å². The number of benzene rings is 2. The third kappa shape index (κ3) is 5.13. The number of anilines is 1. The summed E-state index contributed by atoms with van der Waals surface area (Å²) in [5.74, 6) is -1.27. The maximum Gasteiger partial charge on any atom is 0.285 e. The molecule has 0 spiro atoms. The predicted octanol–water partition coefficient (Wildman–Crippen LogP) is 5.54. The fourth-order valence-corrected chi connectivity index (χ4v) is 4.29. The lowest BCUT2D eigenvalue weighted by Crippen LogP contribution is -2.13. The Morgan fingerprint density at radius 3 is 2.39 bits per heavy atom. The third-order valence-electron chi connectivity index (χ3n) is 5.82. The monoisotopic (exact) mass is 538 g/mol. The van der Waals surface area contributed by atoms with Gasteiger partial charge in [-0.15, -0.1) is 4.28 Å². The molecule has 0 fully saturated rings. The summed E-state index contributed by atoms with van der Waals surface area (Å²) in [7, 11) is -3.77. The summed E-state index contributed by atoms with van der Waals surface area (Å²) in [6, 6.07) is 16.3. The normalized spacial score (nSPS) is 11.8. The number of aromatic nitrogens is 5. The zero-order valence-corrected chi connectivity index (χ0v) is 21.4. The van der Waals surface area contributed by atoms with Crippen molar-refractivity contribution in [2.75, 3.05) is 11.7 Å². The zero-order valence-electron chi connectivity index (χ0n) is 20.6. The van der Waals surface area contributed by atoms with E-state index in [1.807, 2.05) is 37.3 Å². The van der Waals surface area contributed by atoms with Gasteiger partial charge in [-0.25, -0.2) is 29.2 Å². The van der Waals surface area contributed by atoms with Crippen LogP contribution in [0.2, 0.25) is 0 Å². The highest BCUT2D eigenvalue weighted by Crippen LogP contribution is 2.35. The molecule has 5 aromatic rings. The summed E-state index contributed by atoms with van der Waals surface area (Å²) in [5, 5.41) is 0. The molecule has 0 saturated carbocycles. The first kappa shape index (κ1) is 25.5. The number of rotatable bonds is 9. The summed E-state index contributed by atoms with van der Waals surface area (Å²) in [5.41, 5.74) is 5.23. The number of halogens is 2. The molecule has 0 radical (unpaired) electrons. The average Bonchev–Trinajstić information content (AvgIpc) is 3.47. The molecule has 2 N–H and O–H groups in total. The topological polar surface area (TPSA) is 115 Å². The van der Waals surface area contributed by atoms with Gasteiger partial charge in [0.15, 0.2) is 5.65 Å². The van der Waals surface area contributed by atoms with E-state index in [0.29, 0.717) is 34.8 Å². The van der Waals surface area contributed by atoms with Crippen LogP contribution in [-0.4, -0.2) is 39.2 Å². The number of unbranched alkanes of at least 4 members (excludes halogenated alkanes) is 1. The largest absolute Gasteiger partial charge is 0.336 e.